The molecular formula is C29H26F2N8O3. The molecule has 2 N–H and O–H groups in total. The van der Waals surface area contributed by atoms with Gasteiger partial charge in [-0.3, -0.25) is 18.9 Å². The standard InChI is InChI=1S/C29H26F2N8O3/c1-36-15-20(14-34-36)19-10-26-28(32-13-19)39(17-33-26)23-9-18(24-3-2-21(30)11-25(24)31)8-22(12-23)35-27(40)16-37-4-6-38(7-5-37)29(41)42/h2-3,8-15,17H,4-7,16H2,1H3,(H,35,40)(H,41,42). The minimum atomic E-state index is -0.980. The number of rotatable bonds is 6. The Labute approximate surface area is 238 Å². The molecule has 1 aliphatic rings. The monoisotopic (exact) mass is 572 g/mol. The molecule has 0 spiro atoms. The van der Waals surface area contributed by atoms with Crippen LogP contribution in [0.5, 0.6) is 0 Å². The van der Waals surface area contributed by atoms with Gasteiger partial charge < -0.3 is 15.3 Å². The number of hydrogen-bond donors (Lipinski definition) is 2. The summed E-state index contributed by atoms with van der Waals surface area (Å²) in [7, 11) is 1.83. The van der Waals surface area contributed by atoms with Crippen molar-refractivity contribution in [3.05, 3.63) is 79.0 Å². The molecule has 5 aromatic rings. The maximum absolute atomic E-state index is 14.8. The van der Waals surface area contributed by atoms with Crippen LogP contribution in [0.2, 0.25) is 0 Å². The van der Waals surface area contributed by atoms with Gasteiger partial charge in [-0.15, -0.1) is 0 Å². The minimum absolute atomic E-state index is 0.0601. The molecule has 0 bridgehead atoms. The number of carbonyl (C=O) groups is 2. The number of nitrogens with one attached hydrogen (secondary N) is 1. The number of hydrogen-bond acceptors (Lipinski definition) is 6. The average molecular weight is 573 g/mol. The van der Waals surface area contributed by atoms with E-state index in [1.807, 2.05) is 24.2 Å². The number of imidazole rings is 1. The van der Waals surface area contributed by atoms with Gasteiger partial charge in [0.2, 0.25) is 5.91 Å². The number of pyridine rings is 1. The van der Waals surface area contributed by atoms with Gasteiger partial charge in [-0.2, -0.15) is 5.10 Å². The number of carbonyl (C=O) groups excluding carboxylic acids is 1. The van der Waals surface area contributed by atoms with E-state index in [1.165, 1.54) is 17.0 Å². The van der Waals surface area contributed by atoms with Gasteiger partial charge in [0, 0.05) is 74.1 Å². The van der Waals surface area contributed by atoms with E-state index in [2.05, 4.69) is 20.4 Å². The Morgan fingerprint density at radius 1 is 0.952 bits per heavy atom. The highest BCUT2D eigenvalue weighted by atomic mass is 19.1. The number of nitrogens with zero attached hydrogens (tertiary/aromatic N) is 7. The lowest BCUT2D eigenvalue weighted by Crippen LogP contribution is -2.50. The predicted octanol–water partition coefficient (Wildman–Crippen LogP) is 4.00. The van der Waals surface area contributed by atoms with Crippen molar-refractivity contribution < 1.29 is 23.5 Å². The molecule has 6 rings (SSSR count). The number of aromatic nitrogens is 5. The van der Waals surface area contributed by atoms with E-state index in [9.17, 15) is 18.4 Å². The zero-order chi connectivity index (χ0) is 29.4. The molecule has 13 heteroatoms. The van der Waals surface area contributed by atoms with E-state index >= 15 is 0 Å². The summed E-state index contributed by atoms with van der Waals surface area (Å²) in [5.41, 5.74) is 4.46. The first-order valence-corrected chi connectivity index (χ1v) is 13.2. The molecule has 0 unspecified atom stereocenters. The molecule has 11 nitrogen and oxygen atoms in total. The van der Waals surface area contributed by atoms with Crippen LogP contribution < -0.4 is 5.32 Å². The minimum Gasteiger partial charge on any atom is -0.465 e. The fourth-order valence-electron chi connectivity index (χ4n) is 5.02. The molecule has 214 valence electrons. The summed E-state index contributed by atoms with van der Waals surface area (Å²) in [6, 6.07) is 10.3. The third kappa shape index (κ3) is 5.54. The Balaban J connectivity index is 1.32. The predicted molar refractivity (Wildman–Crippen MR) is 151 cm³/mol. The summed E-state index contributed by atoms with van der Waals surface area (Å²) in [4.78, 5) is 36.5. The second-order valence-electron chi connectivity index (χ2n) is 10.1. The van der Waals surface area contributed by atoms with Gasteiger partial charge in [-0.1, -0.05) is 0 Å². The van der Waals surface area contributed by atoms with Gasteiger partial charge in [-0.05, 0) is 42.0 Å². The zero-order valence-electron chi connectivity index (χ0n) is 22.5. The highest BCUT2D eigenvalue weighted by Gasteiger charge is 2.22. The SMILES string of the molecule is Cn1cc(-c2cnc3c(c2)ncn3-c2cc(NC(=O)CN3CCN(C(=O)O)CC3)cc(-c3ccc(F)cc3F)c2)cn1. The fraction of sp³-hybridized carbons (Fsp3) is 0.207. The van der Waals surface area contributed by atoms with E-state index in [0.29, 0.717) is 54.3 Å². The number of amides is 2. The molecular weight excluding hydrogens is 546 g/mol. The van der Waals surface area contributed by atoms with Crippen molar-refractivity contribution in [2.24, 2.45) is 7.05 Å². The van der Waals surface area contributed by atoms with E-state index in [-0.39, 0.29) is 18.0 Å². The molecule has 3 aromatic heterocycles. The molecule has 4 heterocycles. The summed E-state index contributed by atoms with van der Waals surface area (Å²) in [5, 5.41) is 16.2. The van der Waals surface area contributed by atoms with Crippen molar-refractivity contribution in [3.63, 3.8) is 0 Å². The van der Waals surface area contributed by atoms with Crippen LogP contribution in [0.1, 0.15) is 0 Å². The van der Waals surface area contributed by atoms with Gasteiger partial charge in [-0.25, -0.2) is 23.5 Å². The zero-order valence-corrected chi connectivity index (χ0v) is 22.5. The van der Waals surface area contributed by atoms with Crippen molar-refractivity contribution in [1.82, 2.24) is 34.1 Å². The van der Waals surface area contributed by atoms with Crippen LogP contribution in [0.25, 0.3) is 39.1 Å². The average Bonchev–Trinajstić information content (AvgIpc) is 3.59. The number of aryl methyl sites for hydroxylation is 1. The number of anilines is 1. The van der Waals surface area contributed by atoms with E-state index in [0.717, 1.165) is 17.2 Å². The highest BCUT2D eigenvalue weighted by Crippen LogP contribution is 2.31. The topological polar surface area (TPSA) is 121 Å². The van der Waals surface area contributed by atoms with Crippen LogP contribution in [0.15, 0.2) is 67.4 Å². The second kappa shape index (κ2) is 11.0. The molecule has 2 aromatic carbocycles. The van der Waals surface area contributed by atoms with Gasteiger partial charge in [0.05, 0.1) is 18.4 Å². The van der Waals surface area contributed by atoms with E-state index in [4.69, 9.17) is 5.11 Å². The Hall–Kier alpha value is -5.17. The summed E-state index contributed by atoms with van der Waals surface area (Å²) in [6.07, 6.45) is 5.95. The van der Waals surface area contributed by atoms with E-state index in [1.54, 1.807) is 46.2 Å². The Morgan fingerprint density at radius 2 is 1.76 bits per heavy atom. The van der Waals surface area contributed by atoms with Gasteiger partial charge in [0.25, 0.3) is 0 Å². The number of piperazine rings is 1. The highest BCUT2D eigenvalue weighted by molar-refractivity contribution is 5.93. The Kier molecular flexibility index (Phi) is 7.08. The van der Waals surface area contributed by atoms with E-state index < -0.39 is 17.7 Å². The lowest BCUT2D eigenvalue weighted by molar-refractivity contribution is -0.117. The maximum Gasteiger partial charge on any atom is 0.407 e. The summed E-state index contributed by atoms with van der Waals surface area (Å²) in [6.45, 7) is 1.55. The molecule has 2 amide bonds. The molecule has 42 heavy (non-hydrogen) atoms. The largest absolute Gasteiger partial charge is 0.465 e. The van der Waals surface area contributed by atoms with Gasteiger partial charge in [0.1, 0.15) is 23.5 Å². The molecule has 1 aliphatic heterocycles. The first kappa shape index (κ1) is 27.0. The Morgan fingerprint density at radius 3 is 2.48 bits per heavy atom. The molecule has 0 saturated carbocycles. The summed E-state index contributed by atoms with van der Waals surface area (Å²) >= 11 is 0. The quantitative estimate of drug-likeness (QED) is 0.316. The molecule has 0 aliphatic carbocycles. The van der Waals surface area contributed by atoms with Crippen molar-refractivity contribution in [1.29, 1.82) is 0 Å². The molecule has 1 fully saturated rings. The van der Waals surface area contributed by atoms with Crippen LogP contribution >= 0.6 is 0 Å². The third-order valence-corrected chi connectivity index (χ3v) is 7.16. The van der Waals surface area contributed by atoms with Crippen LogP contribution in [0.4, 0.5) is 19.3 Å². The number of benzene rings is 2. The van der Waals surface area contributed by atoms with Crippen molar-refractivity contribution in [3.8, 4) is 27.9 Å². The first-order valence-electron chi connectivity index (χ1n) is 13.2. The van der Waals surface area contributed by atoms with Crippen molar-refractivity contribution in [2.75, 3.05) is 38.0 Å². The molecule has 1 saturated heterocycles. The van der Waals surface area contributed by atoms with Gasteiger partial charge >= 0.3 is 6.09 Å². The van der Waals surface area contributed by atoms with Crippen LogP contribution in [0.3, 0.4) is 0 Å². The number of carboxylic acid groups (broad SMARTS) is 1. The van der Waals surface area contributed by atoms with Crippen LogP contribution in [-0.4, -0.2) is 83.9 Å². The number of fused-ring (bicyclic) bond motifs is 1. The lowest BCUT2D eigenvalue weighted by Gasteiger charge is -2.32. The Bertz CT molecular complexity index is 1810. The van der Waals surface area contributed by atoms with Crippen molar-refractivity contribution >= 4 is 28.9 Å². The molecule has 0 atom stereocenters. The fourth-order valence-corrected chi connectivity index (χ4v) is 5.02. The number of halogens is 2. The second-order valence-corrected chi connectivity index (χ2v) is 10.1. The lowest BCUT2D eigenvalue weighted by atomic mass is 10.0. The maximum atomic E-state index is 14.8. The van der Waals surface area contributed by atoms with Crippen LogP contribution in [-0.2, 0) is 11.8 Å². The third-order valence-electron chi connectivity index (χ3n) is 7.16. The normalized spacial score (nSPS) is 13.9. The smallest absolute Gasteiger partial charge is 0.407 e. The van der Waals surface area contributed by atoms with Gasteiger partial charge in [0.15, 0.2) is 5.65 Å². The van der Waals surface area contributed by atoms with Crippen LogP contribution in [0, 0.1) is 11.6 Å². The van der Waals surface area contributed by atoms with Crippen molar-refractivity contribution in [2.45, 2.75) is 0 Å². The summed E-state index contributed by atoms with van der Waals surface area (Å²) in [5.74, 6) is -1.75. The molecule has 0 radical (unpaired) electrons. The summed E-state index contributed by atoms with van der Waals surface area (Å²) < 4.78 is 31.9. The first-order chi connectivity index (χ1) is 20.2.